The molecule has 0 aromatic carbocycles. The molecule has 0 bridgehead atoms. The molecule has 0 amide bonds. The highest BCUT2D eigenvalue weighted by molar-refractivity contribution is 5.83. The highest BCUT2D eigenvalue weighted by atomic mass is 15.3. The first-order valence-corrected chi connectivity index (χ1v) is 5.68. The lowest BCUT2D eigenvalue weighted by Crippen LogP contribution is -2.35. The Kier molecular flexibility index (Phi) is 2.59. The van der Waals surface area contributed by atoms with E-state index in [-0.39, 0.29) is 0 Å². The number of hydrogen-bond acceptors (Lipinski definition) is 3. The quantitative estimate of drug-likeness (QED) is 0.652. The summed E-state index contributed by atoms with van der Waals surface area (Å²) in [6.45, 7) is 7.63. The van der Waals surface area contributed by atoms with Crippen LogP contribution in [0.4, 0.5) is 0 Å². The van der Waals surface area contributed by atoms with Crippen LogP contribution in [0, 0.1) is 0 Å². The Labute approximate surface area is 92.5 Å². The molecule has 0 aromatic rings. The van der Waals surface area contributed by atoms with E-state index in [2.05, 4.69) is 49.7 Å². The molecule has 0 spiro atoms. The van der Waals surface area contributed by atoms with Gasteiger partial charge in [-0.05, 0) is 40.4 Å². The lowest BCUT2D eigenvalue weighted by atomic mass is 10.0. The molecular weight excluding hydrogens is 186 g/mol. The number of fused-ring (bicyclic) bond motifs is 1. The summed E-state index contributed by atoms with van der Waals surface area (Å²) in [6.07, 6.45) is 1.18. The Morgan fingerprint density at radius 1 is 1.33 bits per heavy atom. The topological polar surface area (TPSA) is 18.8 Å². The van der Waals surface area contributed by atoms with Crippen molar-refractivity contribution in [3.63, 3.8) is 0 Å². The molecule has 0 unspecified atom stereocenters. The first kappa shape index (κ1) is 10.7. The fourth-order valence-electron chi connectivity index (χ4n) is 2.45. The predicted molar refractivity (Wildman–Crippen MR) is 64.1 cm³/mol. The summed E-state index contributed by atoms with van der Waals surface area (Å²) in [5.41, 5.74) is 2.96. The van der Waals surface area contributed by atoms with Gasteiger partial charge in [0.1, 0.15) is 5.84 Å². The summed E-state index contributed by atoms with van der Waals surface area (Å²) in [5, 5.41) is 0. The van der Waals surface area contributed by atoms with Crippen LogP contribution in [0.25, 0.3) is 0 Å². The zero-order valence-electron chi connectivity index (χ0n) is 10.4. The second kappa shape index (κ2) is 3.63. The average molecular weight is 207 g/mol. The number of likely N-dealkylation sites (N-methyl/N-ethyl adjacent to an activating group) is 1. The largest absolute Gasteiger partial charge is 0.332 e. The van der Waals surface area contributed by atoms with E-state index in [0.717, 1.165) is 6.54 Å². The maximum Gasteiger partial charge on any atom is 0.101 e. The maximum absolute atomic E-state index is 4.67. The van der Waals surface area contributed by atoms with E-state index < -0.39 is 0 Å². The van der Waals surface area contributed by atoms with Crippen molar-refractivity contribution in [3.05, 3.63) is 11.3 Å². The number of rotatable bonds is 1. The number of hydrogen-bond donors (Lipinski definition) is 0. The minimum absolute atomic E-state index is 0.372. The Hall–Kier alpha value is -0.830. The lowest BCUT2D eigenvalue weighted by molar-refractivity contribution is 0.300. The first-order chi connectivity index (χ1) is 7.00. The SMILES string of the molecule is CC1=N[C@@H](C)C(C)=C2C[C@@H](N(C)C)CN12. The van der Waals surface area contributed by atoms with E-state index >= 15 is 0 Å². The predicted octanol–water partition coefficient (Wildman–Crippen LogP) is 1.72. The molecule has 1 saturated heterocycles. The molecule has 0 saturated carbocycles. The third-order valence-corrected chi connectivity index (χ3v) is 3.73. The molecule has 1 fully saturated rings. The van der Waals surface area contributed by atoms with Crippen LogP contribution in [0.3, 0.4) is 0 Å². The Balaban J connectivity index is 2.28. The Bertz CT molecular complexity index is 328. The van der Waals surface area contributed by atoms with Gasteiger partial charge in [-0.3, -0.25) is 4.99 Å². The molecule has 3 nitrogen and oxygen atoms in total. The second-order valence-corrected chi connectivity index (χ2v) is 4.91. The third kappa shape index (κ3) is 1.69. The van der Waals surface area contributed by atoms with Gasteiger partial charge in [0, 0.05) is 24.7 Å². The van der Waals surface area contributed by atoms with Gasteiger partial charge in [0.25, 0.3) is 0 Å². The van der Waals surface area contributed by atoms with Gasteiger partial charge in [-0.2, -0.15) is 0 Å². The summed E-state index contributed by atoms with van der Waals surface area (Å²) < 4.78 is 0. The summed E-state index contributed by atoms with van der Waals surface area (Å²) in [5.74, 6) is 1.19. The molecule has 2 aliphatic rings. The van der Waals surface area contributed by atoms with Gasteiger partial charge < -0.3 is 9.80 Å². The molecule has 15 heavy (non-hydrogen) atoms. The van der Waals surface area contributed by atoms with E-state index in [9.17, 15) is 0 Å². The maximum atomic E-state index is 4.67. The lowest BCUT2D eigenvalue weighted by Gasteiger charge is -2.28. The molecule has 0 radical (unpaired) electrons. The number of aliphatic imine (C=N–C) groups is 1. The fourth-order valence-corrected chi connectivity index (χ4v) is 2.45. The average Bonchev–Trinajstić information content (AvgIpc) is 2.59. The zero-order valence-corrected chi connectivity index (χ0v) is 10.4. The van der Waals surface area contributed by atoms with E-state index in [0.29, 0.717) is 12.1 Å². The molecule has 2 aliphatic heterocycles. The van der Waals surface area contributed by atoms with Gasteiger partial charge >= 0.3 is 0 Å². The fraction of sp³-hybridized carbons (Fsp3) is 0.750. The molecule has 0 N–H and O–H groups in total. The highest BCUT2D eigenvalue weighted by Gasteiger charge is 2.33. The summed E-state index contributed by atoms with van der Waals surface area (Å²) in [7, 11) is 4.32. The number of amidine groups is 1. The van der Waals surface area contributed by atoms with Crippen LogP contribution < -0.4 is 0 Å². The molecule has 2 atom stereocenters. The third-order valence-electron chi connectivity index (χ3n) is 3.73. The van der Waals surface area contributed by atoms with Crippen molar-refractivity contribution in [3.8, 4) is 0 Å². The minimum Gasteiger partial charge on any atom is -0.332 e. The summed E-state index contributed by atoms with van der Waals surface area (Å²) in [6, 6.07) is 1.02. The van der Waals surface area contributed by atoms with E-state index in [4.69, 9.17) is 0 Å². The van der Waals surface area contributed by atoms with Crippen molar-refractivity contribution >= 4 is 5.84 Å². The standard InChI is InChI=1S/C12H21N3/c1-8-9(2)13-10(3)15-7-11(14(4)5)6-12(8)15/h9,11H,6-7H2,1-5H3/t9-,11+/m0/s1. The van der Waals surface area contributed by atoms with Crippen molar-refractivity contribution in [2.45, 2.75) is 39.3 Å². The van der Waals surface area contributed by atoms with Gasteiger partial charge in [0.2, 0.25) is 0 Å². The summed E-state index contributed by atoms with van der Waals surface area (Å²) in [4.78, 5) is 9.37. The van der Waals surface area contributed by atoms with Gasteiger partial charge in [0.05, 0.1) is 6.04 Å². The van der Waals surface area contributed by atoms with Crippen LogP contribution in [0.5, 0.6) is 0 Å². The number of nitrogens with zero attached hydrogens (tertiary/aromatic N) is 3. The van der Waals surface area contributed by atoms with Crippen LogP contribution in [0.15, 0.2) is 16.3 Å². The van der Waals surface area contributed by atoms with E-state index in [1.807, 2.05) is 0 Å². The minimum atomic E-state index is 0.372. The van der Waals surface area contributed by atoms with Crippen molar-refractivity contribution in [1.82, 2.24) is 9.80 Å². The molecule has 0 aromatic heterocycles. The molecule has 2 rings (SSSR count). The monoisotopic (exact) mass is 207 g/mol. The highest BCUT2D eigenvalue weighted by Crippen LogP contribution is 2.32. The molecule has 3 heteroatoms. The smallest absolute Gasteiger partial charge is 0.101 e. The first-order valence-electron chi connectivity index (χ1n) is 5.68. The van der Waals surface area contributed by atoms with Crippen LogP contribution >= 0.6 is 0 Å². The van der Waals surface area contributed by atoms with Crippen LogP contribution in [-0.4, -0.2) is 48.4 Å². The summed E-state index contributed by atoms with van der Waals surface area (Å²) >= 11 is 0. The van der Waals surface area contributed by atoms with E-state index in [1.165, 1.54) is 23.5 Å². The van der Waals surface area contributed by atoms with Gasteiger partial charge in [-0.15, -0.1) is 0 Å². The van der Waals surface area contributed by atoms with Gasteiger partial charge in [0.15, 0.2) is 0 Å². The van der Waals surface area contributed by atoms with Gasteiger partial charge in [-0.1, -0.05) is 0 Å². The van der Waals surface area contributed by atoms with Crippen molar-refractivity contribution < 1.29 is 0 Å². The zero-order chi connectivity index (χ0) is 11.2. The van der Waals surface area contributed by atoms with Crippen molar-refractivity contribution in [2.24, 2.45) is 4.99 Å². The van der Waals surface area contributed by atoms with Crippen LogP contribution in [0.1, 0.15) is 27.2 Å². The second-order valence-electron chi connectivity index (χ2n) is 4.91. The van der Waals surface area contributed by atoms with E-state index in [1.54, 1.807) is 0 Å². The molecule has 84 valence electrons. The van der Waals surface area contributed by atoms with Crippen molar-refractivity contribution in [2.75, 3.05) is 20.6 Å². The molecule has 2 heterocycles. The Morgan fingerprint density at radius 3 is 2.60 bits per heavy atom. The Morgan fingerprint density at radius 2 is 2.00 bits per heavy atom. The molecular formula is C12H21N3. The van der Waals surface area contributed by atoms with Gasteiger partial charge in [-0.25, -0.2) is 0 Å². The van der Waals surface area contributed by atoms with Crippen LogP contribution in [-0.2, 0) is 0 Å². The molecule has 0 aliphatic carbocycles. The van der Waals surface area contributed by atoms with Crippen molar-refractivity contribution in [1.29, 1.82) is 0 Å². The van der Waals surface area contributed by atoms with Crippen LogP contribution in [0.2, 0.25) is 0 Å². The normalized spacial score (nSPS) is 31.1.